The van der Waals surface area contributed by atoms with Crippen LogP contribution in [0.15, 0.2) is 0 Å². The third-order valence-electron chi connectivity index (χ3n) is 2.29. The quantitative estimate of drug-likeness (QED) is 0.619. The fourth-order valence-corrected chi connectivity index (χ4v) is 1.64. The zero-order valence-corrected chi connectivity index (χ0v) is 6.71. The summed E-state index contributed by atoms with van der Waals surface area (Å²) in [4.78, 5) is 0. The van der Waals surface area contributed by atoms with Crippen LogP contribution in [0.1, 0.15) is 12.8 Å². The van der Waals surface area contributed by atoms with Gasteiger partial charge in [-0.05, 0) is 19.4 Å². The van der Waals surface area contributed by atoms with Gasteiger partial charge in [0, 0.05) is 13.2 Å². The van der Waals surface area contributed by atoms with Gasteiger partial charge in [-0.1, -0.05) is 0 Å². The molecule has 64 valence electrons. The predicted octanol–water partition coefficient (Wildman–Crippen LogP) is 0.154. The van der Waals surface area contributed by atoms with E-state index in [1.807, 2.05) is 0 Å². The second kappa shape index (κ2) is 3.52. The molecule has 2 fully saturated rings. The molecule has 0 aromatic heterocycles. The van der Waals surface area contributed by atoms with E-state index in [0.717, 1.165) is 39.1 Å². The van der Waals surface area contributed by atoms with Gasteiger partial charge in [0.1, 0.15) is 0 Å². The maximum atomic E-state index is 5.78. The molecule has 2 heterocycles. The Kier molecular flexibility index (Phi) is 2.41. The number of ether oxygens (including phenoxy) is 2. The molecule has 2 aliphatic rings. The molecule has 0 aromatic carbocycles. The molecular formula is C8H15NO2. The Bertz CT molecular complexity index is 103. The summed E-state index contributed by atoms with van der Waals surface area (Å²) in [6.45, 7) is 3.82. The summed E-state index contributed by atoms with van der Waals surface area (Å²) in [5, 5.41) is 3.28. The van der Waals surface area contributed by atoms with Crippen LogP contribution in [-0.4, -0.2) is 38.5 Å². The lowest BCUT2D eigenvalue weighted by Gasteiger charge is -2.14. The van der Waals surface area contributed by atoms with Gasteiger partial charge in [0.25, 0.3) is 0 Å². The lowest BCUT2D eigenvalue weighted by atomic mass is 10.3. The van der Waals surface area contributed by atoms with Gasteiger partial charge in [0.2, 0.25) is 0 Å². The Morgan fingerprint density at radius 2 is 2.27 bits per heavy atom. The Morgan fingerprint density at radius 1 is 1.27 bits per heavy atom. The van der Waals surface area contributed by atoms with Crippen molar-refractivity contribution in [2.24, 2.45) is 0 Å². The standard InChI is InChI=1S/C8H15NO2/c1-3-9-5-7(1)11-8-2-4-10-6-8/h7-9H,1-6H2. The van der Waals surface area contributed by atoms with E-state index >= 15 is 0 Å². The summed E-state index contributed by atoms with van der Waals surface area (Å²) < 4.78 is 11.0. The van der Waals surface area contributed by atoms with E-state index in [9.17, 15) is 0 Å². The summed E-state index contributed by atoms with van der Waals surface area (Å²) in [6.07, 6.45) is 3.06. The number of nitrogens with one attached hydrogen (secondary N) is 1. The first-order valence-electron chi connectivity index (χ1n) is 4.39. The number of hydrogen-bond donors (Lipinski definition) is 1. The molecule has 0 amide bonds. The van der Waals surface area contributed by atoms with Gasteiger partial charge < -0.3 is 14.8 Å². The van der Waals surface area contributed by atoms with Gasteiger partial charge in [-0.2, -0.15) is 0 Å². The van der Waals surface area contributed by atoms with Gasteiger partial charge in [0.05, 0.1) is 18.8 Å². The Morgan fingerprint density at radius 3 is 2.91 bits per heavy atom. The molecule has 11 heavy (non-hydrogen) atoms. The third-order valence-corrected chi connectivity index (χ3v) is 2.29. The molecule has 2 atom stereocenters. The SMILES string of the molecule is C1CC(OC2CCOC2)CN1. The molecular weight excluding hydrogens is 142 g/mol. The van der Waals surface area contributed by atoms with E-state index in [-0.39, 0.29) is 0 Å². The van der Waals surface area contributed by atoms with Crippen LogP contribution in [0.4, 0.5) is 0 Å². The van der Waals surface area contributed by atoms with E-state index in [1.54, 1.807) is 0 Å². The average molecular weight is 157 g/mol. The Balaban J connectivity index is 1.71. The van der Waals surface area contributed by atoms with E-state index in [0.29, 0.717) is 12.2 Å². The fourth-order valence-electron chi connectivity index (χ4n) is 1.64. The fraction of sp³-hybridized carbons (Fsp3) is 1.00. The van der Waals surface area contributed by atoms with Gasteiger partial charge in [-0.25, -0.2) is 0 Å². The molecule has 0 bridgehead atoms. The minimum Gasteiger partial charge on any atom is -0.379 e. The highest BCUT2D eigenvalue weighted by Crippen LogP contribution is 2.13. The van der Waals surface area contributed by atoms with Crippen molar-refractivity contribution >= 4 is 0 Å². The van der Waals surface area contributed by atoms with Crippen molar-refractivity contribution in [2.75, 3.05) is 26.3 Å². The summed E-state index contributed by atoms with van der Waals surface area (Å²) in [7, 11) is 0. The van der Waals surface area contributed by atoms with E-state index in [1.165, 1.54) is 0 Å². The lowest BCUT2D eigenvalue weighted by Crippen LogP contribution is -2.24. The van der Waals surface area contributed by atoms with Crippen molar-refractivity contribution in [3.05, 3.63) is 0 Å². The molecule has 2 unspecified atom stereocenters. The average Bonchev–Trinajstić information content (AvgIpc) is 2.60. The van der Waals surface area contributed by atoms with E-state index in [4.69, 9.17) is 9.47 Å². The second-order valence-corrected chi connectivity index (χ2v) is 3.24. The first-order chi connectivity index (χ1) is 5.45. The molecule has 0 aromatic rings. The van der Waals surface area contributed by atoms with Crippen molar-refractivity contribution in [1.29, 1.82) is 0 Å². The molecule has 3 nitrogen and oxygen atoms in total. The minimum absolute atomic E-state index is 0.375. The maximum Gasteiger partial charge on any atom is 0.0834 e. The van der Waals surface area contributed by atoms with Crippen LogP contribution in [0.5, 0.6) is 0 Å². The van der Waals surface area contributed by atoms with Crippen LogP contribution < -0.4 is 5.32 Å². The molecule has 2 saturated heterocycles. The van der Waals surface area contributed by atoms with Crippen LogP contribution in [0.2, 0.25) is 0 Å². The molecule has 0 saturated carbocycles. The van der Waals surface area contributed by atoms with Crippen LogP contribution in [0.25, 0.3) is 0 Å². The molecule has 0 radical (unpaired) electrons. The highest BCUT2D eigenvalue weighted by molar-refractivity contribution is 4.74. The smallest absolute Gasteiger partial charge is 0.0834 e. The van der Waals surface area contributed by atoms with Gasteiger partial charge in [0.15, 0.2) is 0 Å². The molecule has 0 spiro atoms. The largest absolute Gasteiger partial charge is 0.379 e. The molecule has 2 rings (SSSR count). The highest BCUT2D eigenvalue weighted by atomic mass is 16.6. The van der Waals surface area contributed by atoms with Gasteiger partial charge >= 0.3 is 0 Å². The van der Waals surface area contributed by atoms with Gasteiger partial charge in [-0.15, -0.1) is 0 Å². The highest BCUT2D eigenvalue weighted by Gasteiger charge is 2.22. The lowest BCUT2D eigenvalue weighted by molar-refractivity contribution is -0.00530. The number of rotatable bonds is 2. The molecule has 0 aliphatic carbocycles. The van der Waals surface area contributed by atoms with Crippen molar-refractivity contribution in [3.8, 4) is 0 Å². The molecule has 3 heteroatoms. The first kappa shape index (κ1) is 7.53. The summed E-state index contributed by atoms with van der Waals surface area (Å²) >= 11 is 0. The molecule has 2 aliphatic heterocycles. The van der Waals surface area contributed by atoms with E-state index < -0.39 is 0 Å². The van der Waals surface area contributed by atoms with Crippen molar-refractivity contribution in [1.82, 2.24) is 5.32 Å². The van der Waals surface area contributed by atoms with Crippen LogP contribution in [-0.2, 0) is 9.47 Å². The Labute approximate surface area is 67.1 Å². The molecule has 1 N–H and O–H groups in total. The minimum atomic E-state index is 0.375. The summed E-state index contributed by atoms with van der Waals surface area (Å²) in [6, 6.07) is 0. The normalized spacial score (nSPS) is 38.2. The second-order valence-electron chi connectivity index (χ2n) is 3.24. The summed E-state index contributed by atoms with van der Waals surface area (Å²) in [5.41, 5.74) is 0. The zero-order chi connectivity index (χ0) is 7.52. The van der Waals surface area contributed by atoms with Crippen molar-refractivity contribution in [2.45, 2.75) is 25.0 Å². The topological polar surface area (TPSA) is 30.5 Å². The predicted molar refractivity (Wildman–Crippen MR) is 41.6 cm³/mol. The third kappa shape index (κ3) is 1.92. The van der Waals surface area contributed by atoms with Crippen LogP contribution in [0, 0.1) is 0 Å². The maximum absolute atomic E-state index is 5.78. The monoisotopic (exact) mass is 157 g/mol. The summed E-state index contributed by atoms with van der Waals surface area (Å²) in [5.74, 6) is 0. The Hall–Kier alpha value is -0.120. The van der Waals surface area contributed by atoms with Crippen LogP contribution in [0.3, 0.4) is 0 Å². The van der Waals surface area contributed by atoms with E-state index in [2.05, 4.69) is 5.32 Å². The van der Waals surface area contributed by atoms with Crippen molar-refractivity contribution in [3.63, 3.8) is 0 Å². The number of hydrogen-bond acceptors (Lipinski definition) is 3. The van der Waals surface area contributed by atoms with Crippen LogP contribution >= 0.6 is 0 Å². The van der Waals surface area contributed by atoms with Gasteiger partial charge in [-0.3, -0.25) is 0 Å². The first-order valence-corrected chi connectivity index (χ1v) is 4.39. The van der Waals surface area contributed by atoms with Crippen molar-refractivity contribution < 1.29 is 9.47 Å². The zero-order valence-electron chi connectivity index (χ0n) is 6.71.